The third kappa shape index (κ3) is 3.59. The van der Waals surface area contributed by atoms with Crippen molar-refractivity contribution in [3.05, 3.63) is 18.6 Å². The third-order valence-corrected chi connectivity index (χ3v) is 2.94. The molecule has 19 heavy (non-hydrogen) atoms. The lowest BCUT2D eigenvalue weighted by Crippen LogP contribution is -2.10. The topological polar surface area (TPSA) is 54.2 Å². The van der Waals surface area contributed by atoms with Gasteiger partial charge in [0, 0.05) is 25.5 Å². The van der Waals surface area contributed by atoms with Crippen LogP contribution in [0.4, 0.5) is 11.6 Å². The Bertz CT molecular complexity index is 518. The van der Waals surface area contributed by atoms with Gasteiger partial charge in [0.05, 0.1) is 6.20 Å². The second kappa shape index (κ2) is 6.41. The molecule has 2 rings (SSSR count). The molecule has 0 fully saturated rings. The van der Waals surface area contributed by atoms with E-state index in [-0.39, 0.29) is 0 Å². The van der Waals surface area contributed by atoms with Gasteiger partial charge in [0.25, 0.3) is 0 Å². The van der Waals surface area contributed by atoms with E-state index >= 15 is 0 Å². The van der Waals surface area contributed by atoms with Gasteiger partial charge in [-0.2, -0.15) is 0 Å². The van der Waals surface area contributed by atoms with Gasteiger partial charge in [-0.25, -0.2) is 9.97 Å². The maximum Gasteiger partial charge on any atom is 0.180 e. The smallest absolute Gasteiger partial charge is 0.180 e. The van der Waals surface area contributed by atoms with Crippen molar-refractivity contribution in [2.45, 2.75) is 33.6 Å². The summed E-state index contributed by atoms with van der Waals surface area (Å²) in [5.74, 6) is 2.43. The van der Waals surface area contributed by atoms with Crippen molar-refractivity contribution in [1.82, 2.24) is 14.4 Å². The first-order chi connectivity index (χ1) is 9.20. The maximum atomic E-state index is 4.60. The molecule has 0 aliphatic rings. The van der Waals surface area contributed by atoms with Crippen LogP contribution in [0.2, 0.25) is 0 Å². The van der Waals surface area contributed by atoms with Gasteiger partial charge in [0.15, 0.2) is 11.5 Å². The van der Waals surface area contributed by atoms with E-state index in [1.165, 1.54) is 0 Å². The lowest BCUT2D eigenvalue weighted by Gasteiger charge is -2.11. The van der Waals surface area contributed by atoms with E-state index in [0.717, 1.165) is 43.2 Å². The van der Waals surface area contributed by atoms with E-state index in [0.29, 0.717) is 5.92 Å². The molecule has 5 heteroatoms. The van der Waals surface area contributed by atoms with E-state index < -0.39 is 0 Å². The summed E-state index contributed by atoms with van der Waals surface area (Å²) >= 11 is 0. The second-order valence-corrected chi connectivity index (χ2v) is 5.17. The Balaban J connectivity index is 2.16. The van der Waals surface area contributed by atoms with E-state index in [2.05, 4.69) is 41.4 Å². The Hall–Kier alpha value is -1.78. The standard InChI is InChI=1S/C14H23N5/c1-4-6-15-12-10-19-9-8-17-14(19)13(18-12)16-7-5-11(2)3/h8-11,15H,4-7H2,1-3H3,(H,16,18). The molecule has 2 aromatic rings. The predicted octanol–water partition coefficient (Wildman–Crippen LogP) is 3.01. The van der Waals surface area contributed by atoms with Crippen LogP contribution >= 0.6 is 0 Å². The van der Waals surface area contributed by atoms with Crippen LogP contribution in [0.3, 0.4) is 0 Å². The molecule has 0 unspecified atom stereocenters. The lowest BCUT2D eigenvalue weighted by molar-refractivity contribution is 0.606. The van der Waals surface area contributed by atoms with Gasteiger partial charge < -0.3 is 15.0 Å². The monoisotopic (exact) mass is 261 g/mol. The summed E-state index contributed by atoms with van der Waals surface area (Å²) in [5, 5.41) is 6.70. The Kier molecular flexibility index (Phi) is 4.60. The van der Waals surface area contributed by atoms with Gasteiger partial charge >= 0.3 is 0 Å². The number of aromatic nitrogens is 3. The summed E-state index contributed by atoms with van der Waals surface area (Å²) < 4.78 is 2.00. The van der Waals surface area contributed by atoms with Crippen molar-refractivity contribution in [2.75, 3.05) is 23.7 Å². The molecule has 2 aromatic heterocycles. The van der Waals surface area contributed by atoms with Crippen LogP contribution < -0.4 is 10.6 Å². The Morgan fingerprint density at radius 2 is 2.11 bits per heavy atom. The van der Waals surface area contributed by atoms with Crippen LogP contribution in [0.25, 0.3) is 5.65 Å². The molecule has 0 aliphatic carbocycles. The van der Waals surface area contributed by atoms with Gasteiger partial charge in [0.2, 0.25) is 0 Å². The van der Waals surface area contributed by atoms with Crippen LogP contribution in [0, 0.1) is 5.92 Å². The molecule has 0 amide bonds. The highest BCUT2D eigenvalue weighted by molar-refractivity contribution is 5.65. The minimum absolute atomic E-state index is 0.685. The highest BCUT2D eigenvalue weighted by atomic mass is 15.1. The molecule has 0 spiro atoms. The zero-order valence-electron chi connectivity index (χ0n) is 12.0. The fourth-order valence-electron chi connectivity index (χ4n) is 1.87. The summed E-state index contributed by atoms with van der Waals surface area (Å²) in [6.07, 6.45) is 7.93. The normalized spacial score (nSPS) is 11.2. The molecule has 0 aliphatic heterocycles. The zero-order valence-corrected chi connectivity index (χ0v) is 12.0. The molecule has 0 atom stereocenters. The van der Waals surface area contributed by atoms with Gasteiger partial charge in [-0.05, 0) is 18.8 Å². The summed E-state index contributed by atoms with van der Waals surface area (Å²) in [6, 6.07) is 0. The summed E-state index contributed by atoms with van der Waals surface area (Å²) in [6.45, 7) is 8.44. The van der Waals surface area contributed by atoms with Gasteiger partial charge in [-0.3, -0.25) is 0 Å². The number of hydrogen-bond acceptors (Lipinski definition) is 4. The first-order valence-electron chi connectivity index (χ1n) is 7.02. The number of hydrogen-bond donors (Lipinski definition) is 2. The van der Waals surface area contributed by atoms with Crippen LogP contribution in [0.15, 0.2) is 18.6 Å². The number of nitrogens with zero attached hydrogens (tertiary/aromatic N) is 3. The van der Waals surface area contributed by atoms with Crippen molar-refractivity contribution >= 4 is 17.3 Å². The van der Waals surface area contributed by atoms with E-state index in [9.17, 15) is 0 Å². The average Bonchev–Trinajstić information content (AvgIpc) is 2.84. The van der Waals surface area contributed by atoms with E-state index in [1.54, 1.807) is 6.20 Å². The molecule has 104 valence electrons. The summed E-state index contributed by atoms with van der Waals surface area (Å²) in [4.78, 5) is 8.95. The van der Waals surface area contributed by atoms with Crippen molar-refractivity contribution < 1.29 is 0 Å². The van der Waals surface area contributed by atoms with Crippen molar-refractivity contribution in [1.29, 1.82) is 0 Å². The lowest BCUT2D eigenvalue weighted by atomic mass is 10.1. The largest absolute Gasteiger partial charge is 0.369 e. The van der Waals surface area contributed by atoms with Gasteiger partial charge in [0.1, 0.15) is 5.82 Å². The number of nitrogens with one attached hydrogen (secondary N) is 2. The number of anilines is 2. The predicted molar refractivity (Wildman–Crippen MR) is 79.7 cm³/mol. The minimum atomic E-state index is 0.685. The first kappa shape index (κ1) is 13.6. The number of fused-ring (bicyclic) bond motifs is 1. The first-order valence-corrected chi connectivity index (χ1v) is 7.02. The van der Waals surface area contributed by atoms with E-state index in [1.807, 2.05) is 16.8 Å². The molecule has 0 bridgehead atoms. The maximum absolute atomic E-state index is 4.60. The number of rotatable bonds is 7. The molecule has 0 aromatic carbocycles. The highest BCUT2D eigenvalue weighted by Gasteiger charge is 2.07. The SMILES string of the molecule is CCCNc1cn2ccnc2c(NCCC(C)C)n1. The van der Waals surface area contributed by atoms with Crippen LogP contribution in [-0.2, 0) is 0 Å². The molecule has 5 nitrogen and oxygen atoms in total. The van der Waals surface area contributed by atoms with E-state index in [4.69, 9.17) is 0 Å². The molecule has 2 N–H and O–H groups in total. The summed E-state index contributed by atoms with van der Waals surface area (Å²) in [7, 11) is 0. The average molecular weight is 261 g/mol. The van der Waals surface area contributed by atoms with Crippen molar-refractivity contribution in [3.8, 4) is 0 Å². The molecule has 0 radical (unpaired) electrons. The van der Waals surface area contributed by atoms with Crippen LogP contribution in [0.1, 0.15) is 33.6 Å². The molecule has 2 heterocycles. The molecule has 0 saturated heterocycles. The molecular weight excluding hydrogens is 238 g/mol. The highest BCUT2D eigenvalue weighted by Crippen LogP contribution is 2.16. The van der Waals surface area contributed by atoms with Crippen molar-refractivity contribution in [2.24, 2.45) is 5.92 Å². The third-order valence-electron chi connectivity index (χ3n) is 2.94. The molecule has 0 saturated carbocycles. The Morgan fingerprint density at radius 3 is 2.84 bits per heavy atom. The fourth-order valence-corrected chi connectivity index (χ4v) is 1.87. The van der Waals surface area contributed by atoms with Gasteiger partial charge in [-0.1, -0.05) is 20.8 Å². The van der Waals surface area contributed by atoms with Crippen LogP contribution in [-0.4, -0.2) is 27.5 Å². The van der Waals surface area contributed by atoms with Crippen molar-refractivity contribution in [3.63, 3.8) is 0 Å². The fraction of sp³-hybridized carbons (Fsp3) is 0.571. The zero-order chi connectivity index (χ0) is 13.7. The molecular formula is C14H23N5. The van der Waals surface area contributed by atoms with Crippen LogP contribution in [0.5, 0.6) is 0 Å². The Morgan fingerprint density at radius 1 is 1.26 bits per heavy atom. The summed E-state index contributed by atoms with van der Waals surface area (Å²) in [5.41, 5.74) is 0.880. The quantitative estimate of drug-likeness (QED) is 0.804. The second-order valence-electron chi connectivity index (χ2n) is 5.17. The number of imidazole rings is 1. The minimum Gasteiger partial charge on any atom is -0.369 e. The Labute approximate surface area is 114 Å². The van der Waals surface area contributed by atoms with Gasteiger partial charge in [-0.15, -0.1) is 0 Å².